The van der Waals surface area contributed by atoms with E-state index in [9.17, 15) is 24.6 Å². The molecule has 1 heterocycles. The van der Waals surface area contributed by atoms with Gasteiger partial charge in [-0.15, -0.1) is 0 Å². The number of carbonyl (C=O) groups is 3. The number of hydrogen-bond donors (Lipinski definition) is 4. The van der Waals surface area contributed by atoms with Gasteiger partial charge in [0.15, 0.2) is 0 Å². The predicted molar refractivity (Wildman–Crippen MR) is 183 cm³/mol. The van der Waals surface area contributed by atoms with Gasteiger partial charge >= 0.3 is 6.09 Å². The van der Waals surface area contributed by atoms with Crippen LogP contribution in [0, 0.1) is 5.92 Å². The van der Waals surface area contributed by atoms with Crippen molar-refractivity contribution in [2.75, 3.05) is 26.2 Å². The van der Waals surface area contributed by atoms with E-state index in [1.807, 2.05) is 111 Å². The largest absolute Gasteiger partial charge is 0.445 e. The first kappa shape index (κ1) is 35.1. The lowest BCUT2D eigenvalue weighted by molar-refractivity contribution is -0.132. The maximum absolute atomic E-state index is 13.8. The van der Waals surface area contributed by atoms with E-state index in [1.54, 1.807) is 0 Å². The number of aliphatic hydroxyl groups is 2. The number of carbonyl (C=O) groups excluding carboxylic acids is 3. The zero-order chi connectivity index (χ0) is 34.3. The molecule has 1 saturated heterocycles. The number of nitrogens with one attached hydrogen (secondary N) is 2. The van der Waals surface area contributed by atoms with E-state index in [2.05, 4.69) is 10.6 Å². The smallest absolute Gasteiger partial charge is 0.410 e. The SMILES string of the molecule is CC(C)(C)NC(=O)[C@@H]1CN(C(=O)OCc2ccccc2)CCN1C[C@@H](O)C[C@H](Cc1ccccc1)C(=O)N[C@H]1c2ccccc2C[C@H]1O. The molecule has 3 aromatic rings. The highest BCUT2D eigenvalue weighted by Crippen LogP contribution is 2.32. The van der Waals surface area contributed by atoms with Crippen molar-refractivity contribution in [3.63, 3.8) is 0 Å². The maximum Gasteiger partial charge on any atom is 0.410 e. The topological polar surface area (TPSA) is 131 Å². The first-order valence-electron chi connectivity index (χ1n) is 16.8. The summed E-state index contributed by atoms with van der Waals surface area (Å²) in [6.07, 6.45) is -1.14. The van der Waals surface area contributed by atoms with Crippen LogP contribution in [0.15, 0.2) is 84.9 Å². The first-order chi connectivity index (χ1) is 23.0. The summed E-state index contributed by atoms with van der Waals surface area (Å²) in [6, 6.07) is 25.5. The van der Waals surface area contributed by atoms with Crippen molar-refractivity contribution in [2.45, 2.75) is 76.5 Å². The molecule has 256 valence electrons. The van der Waals surface area contributed by atoms with Gasteiger partial charge in [0.2, 0.25) is 11.8 Å². The Morgan fingerprint density at radius 3 is 2.25 bits per heavy atom. The predicted octanol–water partition coefficient (Wildman–Crippen LogP) is 3.61. The fourth-order valence-corrected chi connectivity index (χ4v) is 6.59. The summed E-state index contributed by atoms with van der Waals surface area (Å²) in [6.45, 7) is 6.73. The van der Waals surface area contributed by atoms with Crippen LogP contribution in [-0.2, 0) is 33.8 Å². The molecule has 0 radical (unpaired) electrons. The van der Waals surface area contributed by atoms with Gasteiger partial charge in [-0.1, -0.05) is 84.9 Å². The molecule has 5 rings (SSSR count). The summed E-state index contributed by atoms with van der Waals surface area (Å²) >= 11 is 0. The number of hydrogen-bond acceptors (Lipinski definition) is 7. The fourth-order valence-electron chi connectivity index (χ4n) is 6.59. The normalized spacial score (nSPS) is 20.8. The molecule has 3 amide bonds. The lowest BCUT2D eigenvalue weighted by Crippen LogP contribution is -2.62. The number of piperazine rings is 1. The fraction of sp³-hybridized carbons (Fsp3) is 0.447. The summed E-state index contributed by atoms with van der Waals surface area (Å²) < 4.78 is 5.56. The van der Waals surface area contributed by atoms with E-state index in [0.717, 1.165) is 22.3 Å². The molecule has 0 spiro atoms. The molecule has 1 aliphatic carbocycles. The number of aliphatic hydroxyl groups excluding tert-OH is 2. The highest BCUT2D eigenvalue weighted by molar-refractivity contribution is 5.83. The molecule has 5 atom stereocenters. The van der Waals surface area contributed by atoms with E-state index < -0.39 is 41.8 Å². The van der Waals surface area contributed by atoms with E-state index in [-0.39, 0.29) is 37.9 Å². The van der Waals surface area contributed by atoms with Crippen molar-refractivity contribution >= 4 is 17.9 Å². The minimum absolute atomic E-state index is 0.106. The van der Waals surface area contributed by atoms with E-state index >= 15 is 0 Å². The Balaban J connectivity index is 1.27. The van der Waals surface area contributed by atoms with Crippen LogP contribution in [0.4, 0.5) is 4.79 Å². The van der Waals surface area contributed by atoms with Crippen molar-refractivity contribution in [3.8, 4) is 0 Å². The van der Waals surface area contributed by atoms with Crippen molar-refractivity contribution < 1.29 is 29.3 Å². The number of fused-ring (bicyclic) bond motifs is 1. The third-order valence-corrected chi connectivity index (χ3v) is 8.95. The molecular formula is C38H48N4O6. The second-order valence-corrected chi connectivity index (χ2v) is 14.0. The summed E-state index contributed by atoms with van der Waals surface area (Å²) in [7, 11) is 0. The highest BCUT2D eigenvalue weighted by atomic mass is 16.6. The molecule has 0 saturated carbocycles. The molecule has 48 heavy (non-hydrogen) atoms. The second kappa shape index (κ2) is 15.8. The average Bonchev–Trinajstić information content (AvgIpc) is 3.37. The second-order valence-electron chi connectivity index (χ2n) is 14.0. The van der Waals surface area contributed by atoms with E-state index in [4.69, 9.17) is 4.74 Å². The van der Waals surface area contributed by atoms with Gasteiger partial charge in [-0.25, -0.2) is 4.79 Å². The van der Waals surface area contributed by atoms with Crippen LogP contribution in [-0.4, -0.2) is 87.9 Å². The molecule has 0 aromatic heterocycles. The van der Waals surface area contributed by atoms with Gasteiger partial charge in [0, 0.05) is 44.1 Å². The molecule has 10 nitrogen and oxygen atoms in total. The minimum atomic E-state index is -0.938. The van der Waals surface area contributed by atoms with Gasteiger partial charge in [0.25, 0.3) is 0 Å². The van der Waals surface area contributed by atoms with Crippen LogP contribution in [0.3, 0.4) is 0 Å². The molecule has 1 aliphatic heterocycles. The van der Waals surface area contributed by atoms with Gasteiger partial charge < -0.3 is 30.5 Å². The Bertz CT molecular complexity index is 1530. The van der Waals surface area contributed by atoms with Gasteiger partial charge in [0.1, 0.15) is 12.6 Å². The summed E-state index contributed by atoms with van der Waals surface area (Å²) in [5, 5.41) is 28.4. The molecule has 4 N–H and O–H groups in total. The third kappa shape index (κ3) is 9.43. The van der Waals surface area contributed by atoms with Gasteiger partial charge in [0.05, 0.1) is 18.2 Å². The zero-order valence-corrected chi connectivity index (χ0v) is 28.0. The molecule has 3 aromatic carbocycles. The summed E-state index contributed by atoms with van der Waals surface area (Å²) in [5.74, 6) is -1.08. The molecule has 2 aliphatic rings. The molecule has 0 bridgehead atoms. The number of benzene rings is 3. The molecular weight excluding hydrogens is 608 g/mol. The molecule has 10 heteroatoms. The standard InChI is InChI=1S/C38H48N4O6/c1-38(2,3)40-36(46)32-24-42(37(47)48-25-27-14-8-5-9-15-27)19-18-41(32)23-30(43)21-29(20-26-12-6-4-7-13-26)35(45)39-34-31-17-11-10-16-28(31)22-33(34)44/h4-17,29-30,32-34,43-44H,18-25H2,1-3H3,(H,39,45)(H,40,46)/t29-,30-,32-,33+,34-/m0/s1. The van der Waals surface area contributed by atoms with Crippen LogP contribution in [0.1, 0.15) is 55.5 Å². The van der Waals surface area contributed by atoms with E-state index in [1.165, 1.54) is 4.90 Å². The average molecular weight is 657 g/mol. The summed E-state index contributed by atoms with van der Waals surface area (Å²) in [5.41, 5.74) is 3.25. The van der Waals surface area contributed by atoms with Crippen LogP contribution in [0.5, 0.6) is 0 Å². The Morgan fingerprint density at radius 1 is 0.917 bits per heavy atom. The number of rotatable bonds is 11. The number of ether oxygens (including phenoxy) is 1. The van der Waals surface area contributed by atoms with Crippen molar-refractivity contribution in [1.29, 1.82) is 0 Å². The molecule has 0 unspecified atom stereocenters. The quantitative estimate of drug-likeness (QED) is 0.248. The monoisotopic (exact) mass is 656 g/mol. The Hall–Kier alpha value is -4.25. The minimum Gasteiger partial charge on any atom is -0.445 e. The highest BCUT2D eigenvalue weighted by Gasteiger charge is 2.38. The Labute approximate surface area is 283 Å². The zero-order valence-electron chi connectivity index (χ0n) is 28.0. The lowest BCUT2D eigenvalue weighted by Gasteiger charge is -2.41. The maximum atomic E-state index is 13.8. The van der Waals surface area contributed by atoms with Crippen LogP contribution in [0.25, 0.3) is 0 Å². The van der Waals surface area contributed by atoms with Crippen molar-refractivity contribution in [3.05, 3.63) is 107 Å². The van der Waals surface area contributed by atoms with Crippen LogP contribution >= 0.6 is 0 Å². The number of nitrogens with zero attached hydrogens (tertiary/aromatic N) is 2. The Morgan fingerprint density at radius 2 is 1.56 bits per heavy atom. The van der Waals surface area contributed by atoms with Crippen LogP contribution < -0.4 is 10.6 Å². The number of amides is 3. The van der Waals surface area contributed by atoms with Gasteiger partial charge in [-0.2, -0.15) is 0 Å². The van der Waals surface area contributed by atoms with Gasteiger partial charge in [-0.05, 0) is 55.9 Å². The van der Waals surface area contributed by atoms with Crippen LogP contribution in [0.2, 0.25) is 0 Å². The lowest BCUT2D eigenvalue weighted by atomic mass is 9.91. The first-order valence-corrected chi connectivity index (χ1v) is 16.8. The number of β-amino-alcohol motifs (C(OH)–C–C–N with tert-alkyl or cyclic N) is 1. The van der Waals surface area contributed by atoms with Crippen molar-refractivity contribution in [1.82, 2.24) is 20.4 Å². The van der Waals surface area contributed by atoms with Gasteiger partial charge in [-0.3, -0.25) is 14.5 Å². The van der Waals surface area contributed by atoms with E-state index in [0.29, 0.717) is 25.9 Å². The summed E-state index contributed by atoms with van der Waals surface area (Å²) in [4.78, 5) is 43.8. The Kier molecular flexibility index (Phi) is 11.5. The molecule has 1 fully saturated rings. The third-order valence-electron chi connectivity index (χ3n) is 8.95. The van der Waals surface area contributed by atoms with Crippen molar-refractivity contribution in [2.24, 2.45) is 5.92 Å².